The number of aryl methyl sites for hydroxylation is 3. The Balaban J connectivity index is 1.59. The molecule has 0 unspecified atom stereocenters. The van der Waals surface area contributed by atoms with Crippen LogP contribution in [-0.4, -0.2) is 15.9 Å². The topological polar surface area (TPSA) is 68.0 Å². The Bertz CT molecular complexity index is 886. The summed E-state index contributed by atoms with van der Waals surface area (Å²) in [5, 5.41) is 3.44. The molecule has 130 valence electrons. The average molecular weight is 374 g/mol. The van der Waals surface area contributed by atoms with Gasteiger partial charge in [-0.15, -0.1) is 11.8 Å². The summed E-state index contributed by atoms with van der Waals surface area (Å²) < 4.78 is 6.59. The minimum atomic E-state index is -0.144. The minimum absolute atomic E-state index is 0.144. The molecule has 3 aromatic rings. The number of carbonyl (C=O) groups excluding carboxylic acids is 1. The number of anilines is 1. The lowest BCUT2D eigenvalue weighted by molar-refractivity contribution is 0.102. The van der Waals surface area contributed by atoms with Crippen molar-refractivity contribution >= 4 is 34.1 Å². The second-order valence-corrected chi connectivity index (χ2v) is 7.91. The third kappa shape index (κ3) is 4.49. The fraction of sp³-hybridized carbons (Fsp3) is 0.278. The molecular weight excluding hydrogens is 354 g/mol. The molecule has 0 saturated carbocycles. The molecule has 7 heteroatoms. The number of thioether (sulfide) groups is 1. The monoisotopic (exact) mass is 373 g/mol. The van der Waals surface area contributed by atoms with E-state index in [1.165, 1.54) is 16.9 Å². The molecule has 3 rings (SSSR count). The summed E-state index contributed by atoms with van der Waals surface area (Å²) in [7, 11) is 0. The van der Waals surface area contributed by atoms with Gasteiger partial charge in [0.05, 0.1) is 22.4 Å². The first-order valence-electron chi connectivity index (χ1n) is 7.96. The average Bonchev–Trinajstić information content (AvgIpc) is 3.24. The highest BCUT2D eigenvalue weighted by atomic mass is 32.2. The van der Waals surface area contributed by atoms with E-state index in [0.717, 1.165) is 22.0 Å². The quantitative estimate of drug-likeness (QED) is 0.625. The summed E-state index contributed by atoms with van der Waals surface area (Å²) in [6, 6.07) is 5.67. The van der Waals surface area contributed by atoms with Gasteiger partial charge in [-0.3, -0.25) is 10.1 Å². The Kier molecular flexibility index (Phi) is 5.55. The van der Waals surface area contributed by atoms with Gasteiger partial charge in [-0.1, -0.05) is 24.3 Å². The highest BCUT2D eigenvalue weighted by Crippen LogP contribution is 2.30. The van der Waals surface area contributed by atoms with Gasteiger partial charge in [0.25, 0.3) is 5.91 Å². The van der Waals surface area contributed by atoms with Crippen LogP contribution >= 0.6 is 23.1 Å². The van der Waals surface area contributed by atoms with Crippen LogP contribution in [0.3, 0.4) is 0 Å². The van der Waals surface area contributed by atoms with Gasteiger partial charge < -0.3 is 4.42 Å². The number of oxazole rings is 1. The molecule has 1 aromatic carbocycles. The highest BCUT2D eigenvalue weighted by Gasteiger charge is 2.11. The fourth-order valence-corrected chi connectivity index (χ4v) is 3.87. The maximum Gasteiger partial charge on any atom is 0.257 e. The van der Waals surface area contributed by atoms with Crippen molar-refractivity contribution in [3.05, 3.63) is 58.9 Å². The molecular formula is C18H19N3O2S2. The Morgan fingerprint density at radius 2 is 2.08 bits per heavy atom. The second-order valence-electron chi connectivity index (χ2n) is 5.60. The molecule has 0 fully saturated rings. The lowest BCUT2D eigenvalue weighted by Crippen LogP contribution is -2.11. The molecule has 1 N–H and O–H groups in total. The van der Waals surface area contributed by atoms with Crippen LogP contribution in [0.2, 0.25) is 0 Å². The molecule has 25 heavy (non-hydrogen) atoms. The van der Waals surface area contributed by atoms with E-state index in [9.17, 15) is 4.79 Å². The van der Waals surface area contributed by atoms with Gasteiger partial charge >= 0.3 is 0 Å². The lowest BCUT2D eigenvalue weighted by Gasteiger charge is -2.04. The van der Waals surface area contributed by atoms with E-state index >= 15 is 0 Å². The zero-order valence-corrected chi connectivity index (χ0v) is 16.0. The van der Waals surface area contributed by atoms with Crippen LogP contribution in [0.5, 0.6) is 0 Å². The summed E-state index contributed by atoms with van der Waals surface area (Å²) in [5.74, 6) is 2.10. The van der Waals surface area contributed by atoms with Crippen LogP contribution in [0.4, 0.5) is 5.13 Å². The zero-order chi connectivity index (χ0) is 17.8. The fourth-order valence-electron chi connectivity index (χ4n) is 2.15. The van der Waals surface area contributed by atoms with Crippen molar-refractivity contribution < 1.29 is 9.21 Å². The molecule has 0 atom stereocenters. The predicted molar refractivity (Wildman–Crippen MR) is 101 cm³/mol. The molecule has 0 bridgehead atoms. The van der Waals surface area contributed by atoms with E-state index in [-0.39, 0.29) is 5.91 Å². The van der Waals surface area contributed by atoms with E-state index in [1.807, 2.05) is 39.0 Å². The lowest BCUT2D eigenvalue weighted by atomic mass is 10.1. The molecule has 0 aliphatic rings. The van der Waals surface area contributed by atoms with Crippen molar-refractivity contribution in [2.24, 2.45) is 0 Å². The largest absolute Gasteiger partial charge is 0.445 e. The van der Waals surface area contributed by atoms with Crippen molar-refractivity contribution in [3.8, 4) is 0 Å². The van der Waals surface area contributed by atoms with Gasteiger partial charge in [0.15, 0.2) is 5.13 Å². The molecule has 0 aliphatic heterocycles. The second kappa shape index (κ2) is 7.84. The molecule has 0 spiro atoms. The number of amides is 1. The minimum Gasteiger partial charge on any atom is -0.445 e. The zero-order valence-electron chi connectivity index (χ0n) is 14.3. The van der Waals surface area contributed by atoms with Gasteiger partial charge in [-0.2, -0.15) is 0 Å². The van der Waals surface area contributed by atoms with Crippen LogP contribution < -0.4 is 5.32 Å². The van der Waals surface area contributed by atoms with E-state index in [1.54, 1.807) is 24.2 Å². The van der Waals surface area contributed by atoms with Gasteiger partial charge in [0, 0.05) is 12.0 Å². The third-order valence-corrected chi connectivity index (χ3v) is 5.85. The number of nitrogens with one attached hydrogen (secondary N) is 1. The van der Waals surface area contributed by atoms with Gasteiger partial charge in [-0.25, -0.2) is 9.97 Å². The summed E-state index contributed by atoms with van der Waals surface area (Å²) in [6.07, 6.45) is 4.36. The first-order valence-corrected chi connectivity index (χ1v) is 9.76. The molecule has 1 amide bonds. The third-order valence-electron chi connectivity index (χ3n) is 3.76. The number of rotatable bonds is 6. The predicted octanol–water partition coefficient (Wildman–Crippen LogP) is 4.85. The number of carbonyl (C=O) groups is 1. The summed E-state index contributed by atoms with van der Waals surface area (Å²) >= 11 is 3.04. The smallest absolute Gasteiger partial charge is 0.257 e. The number of nitrogens with zero attached hydrogens (tertiary/aromatic N) is 2. The van der Waals surface area contributed by atoms with Gasteiger partial charge in [-0.05, 0) is 37.1 Å². The van der Waals surface area contributed by atoms with Crippen LogP contribution in [0.15, 0.2) is 39.2 Å². The van der Waals surface area contributed by atoms with E-state index in [0.29, 0.717) is 22.3 Å². The summed E-state index contributed by atoms with van der Waals surface area (Å²) in [5.41, 5.74) is 2.90. The number of thiazole rings is 1. The number of benzene rings is 1. The standard InChI is InChI=1S/C18H19N3O2S2/c1-4-14-8-19-15(23-14)10-24-16-9-20-18(25-16)21-17(22)13-6-5-11(2)12(3)7-13/h5-9H,4,10H2,1-3H3,(H,20,21,22). The van der Waals surface area contributed by atoms with Gasteiger partial charge in [0.1, 0.15) is 5.76 Å². The Labute approximate surface area is 154 Å². The molecule has 2 heterocycles. The number of hydrogen-bond acceptors (Lipinski definition) is 6. The van der Waals surface area contributed by atoms with Crippen molar-refractivity contribution in [1.82, 2.24) is 9.97 Å². The molecule has 0 aliphatic carbocycles. The molecule has 2 aromatic heterocycles. The van der Waals surface area contributed by atoms with E-state index < -0.39 is 0 Å². The maximum absolute atomic E-state index is 12.3. The van der Waals surface area contributed by atoms with Crippen molar-refractivity contribution in [1.29, 1.82) is 0 Å². The molecule has 0 radical (unpaired) electrons. The van der Waals surface area contributed by atoms with Crippen LogP contribution in [-0.2, 0) is 12.2 Å². The number of aromatic nitrogens is 2. The normalized spacial score (nSPS) is 10.8. The summed E-state index contributed by atoms with van der Waals surface area (Å²) in [4.78, 5) is 20.8. The van der Waals surface area contributed by atoms with Crippen LogP contribution in [0.1, 0.15) is 40.1 Å². The van der Waals surface area contributed by atoms with Crippen LogP contribution in [0, 0.1) is 13.8 Å². The van der Waals surface area contributed by atoms with Crippen molar-refractivity contribution in [2.45, 2.75) is 37.2 Å². The van der Waals surface area contributed by atoms with Gasteiger partial charge in [0.2, 0.25) is 5.89 Å². The Morgan fingerprint density at radius 3 is 2.80 bits per heavy atom. The molecule has 0 saturated heterocycles. The van der Waals surface area contributed by atoms with E-state index in [4.69, 9.17) is 4.42 Å². The Morgan fingerprint density at radius 1 is 1.24 bits per heavy atom. The maximum atomic E-state index is 12.3. The summed E-state index contributed by atoms with van der Waals surface area (Å²) in [6.45, 7) is 6.06. The SMILES string of the molecule is CCc1cnc(CSc2cnc(NC(=O)c3ccc(C)c(C)c3)s2)o1. The van der Waals surface area contributed by atoms with Crippen LogP contribution in [0.25, 0.3) is 0 Å². The highest BCUT2D eigenvalue weighted by molar-refractivity contribution is 8.00. The first kappa shape index (κ1) is 17.7. The van der Waals surface area contributed by atoms with Crippen molar-refractivity contribution in [3.63, 3.8) is 0 Å². The first-order chi connectivity index (χ1) is 12.0. The van der Waals surface area contributed by atoms with Crippen molar-refractivity contribution in [2.75, 3.05) is 5.32 Å². The Hall–Kier alpha value is -2.12. The van der Waals surface area contributed by atoms with E-state index in [2.05, 4.69) is 15.3 Å². The molecule has 5 nitrogen and oxygen atoms in total. The number of hydrogen-bond donors (Lipinski definition) is 1.